The van der Waals surface area contributed by atoms with E-state index in [1.54, 1.807) is 4.90 Å². The number of carbonyl (C=O) groups excluding carboxylic acids is 1. The summed E-state index contributed by atoms with van der Waals surface area (Å²) in [6.45, 7) is 8.45. The highest BCUT2D eigenvalue weighted by Crippen LogP contribution is 2.47. The molecule has 1 N–H and O–H groups in total. The van der Waals surface area contributed by atoms with Gasteiger partial charge in [-0.3, -0.25) is 4.79 Å². The molecule has 0 aromatic heterocycles. The van der Waals surface area contributed by atoms with Gasteiger partial charge >= 0.3 is 12.1 Å². The van der Waals surface area contributed by atoms with Gasteiger partial charge in [-0.25, -0.2) is 4.79 Å². The van der Waals surface area contributed by atoms with E-state index in [2.05, 4.69) is 6.92 Å². The van der Waals surface area contributed by atoms with Crippen LogP contribution in [-0.2, 0) is 9.53 Å². The van der Waals surface area contributed by atoms with Crippen molar-refractivity contribution < 1.29 is 19.4 Å². The van der Waals surface area contributed by atoms with E-state index in [1.807, 2.05) is 20.8 Å². The van der Waals surface area contributed by atoms with Crippen LogP contribution in [0.4, 0.5) is 4.79 Å². The Labute approximate surface area is 139 Å². The first-order valence-corrected chi connectivity index (χ1v) is 8.89. The number of carboxylic acid groups (broad SMARTS) is 1. The second-order valence-electron chi connectivity index (χ2n) is 8.25. The number of hydrogen-bond donors (Lipinski definition) is 1. The van der Waals surface area contributed by atoms with Gasteiger partial charge in [-0.15, -0.1) is 0 Å². The smallest absolute Gasteiger partial charge is 0.410 e. The van der Waals surface area contributed by atoms with Gasteiger partial charge in [0.15, 0.2) is 0 Å². The van der Waals surface area contributed by atoms with Crippen LogP contribution in [0.1, 0.15) is 66.2 Å². The summed E-state index contributed by atoms with van der Waals surface area (Å²) in [5.41, 5.74) is -1.34. The van der Waals surface area contributed by atoms with E-state index < -0.39 is 17.0 Å². The summed E-state index contributed by atoms with van der Waals surface area (Å²) in [7, 11) is 0. The first-order valence-electron chi connectivity index (χ1n) is 8.89. The summed E-state index contributed by atoms with van der Waals surface area (Å²) in [5, 5.41) is 9.93. The molecular formula is C18H31NO4. The SMILES string of the molecule is CCC1CCCC(C2(C(=O)O)CCN(C(=O)OC(C)(C)C)C2)C1. The molecule has 2 aliphatic rings. The van der Waals surface area contributed by atoms with Crippen LogP contribution in [-0.4, -0.2) is 40.8 Å². The first-order chi connectivity index (χ1) is 10.7. The van der Waals surface area contributed by atoms with E-state index in [-0.39, 0.29) is 12.0 Å². The zero-order valence-corrected chi connectivity index (χ0v) is 14.9. The van der Waals surface area contributed by atoms with Crippen molar-refractivity contribution in [3.63, 3.8) is 0 Å². The third-order valence-corrected chi connectivity index (χ3v) is 5.52. The monoisotopic (exact) mass is 325 g/mol. The summed E-state index contributed by atoms with van der Waals surface area (Å²) in [4.78, 5) is 26.0. The molecule has 0 aromatic carbocycles. The minimum atomic E-state index is -0.787. The van der Waals surface area contributed by atoms with Crippen molar-refractivity contribution in [2.45, 2.75) is 71.8 Å². The van der Waals surface area contributed by atoms with Gasteiger partial charge in [-0.05, 0) is 51.9 Å². The van der Waals surface area contributed by atoms with E-state index in [1.165, 1.54) is 6.42 Å². The van der Waals surface area contributed by atoms with E-state index in [9.17, 15) is 14.7 Å². The molecule has 0 bridgehead atoms. The minimum Gasteiger partial charge on any atom is -0.481 e. The zero-order chi connectivity index (χ0) is 17.3. The summed E-state index contributed by atoms with van der Waals surface area (Å²) in [6.07, 6.45) is 5.52. The van der Waals surface area contributed by atoms with E-state index in [4.69, 9.17) is 4.74 Å². The van der Waals surface area contributed by atoms with Gasteiger partial charge in [0, 0.05) is 13.1 Å². The van der Waals surface area contributed by atoms with Gasteiger partial charge < -0.3 is 14.7 Å². The largest absolute Gasteiger partial charge is 0.481 e. The Hall–Kier alpha value is -1.26. The highest BCUT2D eigenvalue weighted by Gasteiger charge is 2.52. The predicted molar refractivity (Wildman–Crippen MR) is 88.2 cm³/mol. The standard InChI is InChI=1S/C18H31NO4/c1-5-13-7-6-8-14(11-13)18(15(20)21)9-10-19(12-18)16(22)23-17(2,3)4/h13-14H,5-12H2,1-4H3,(H,20,21). The summed E-state index contributed by atoms with van der Waals surface area (Å²) in [5.74, 6) is 0.0528. The van der Waals surface area contributed by atoms with Crippen molar-refractivity contribution in [3.8, 4) is 0 Å². The molecule has 0 aromatic rings. The Morgan fingerprint density at radius 2 is 2.00 bits per heavy atom. The molecule has 1 heterocycles. The molecule has 0 spiro atoms. The maximum absolute atomic E-state index is 12.3. The van der Waals surface area contributed by atoms with Crippen LogP contribution >= 0.6 is 0 Å². The number of ether oxygens (including phenoxy) is 1. The molecule has 1 amide bonds. The lowest BCUT2D eigenvalue weighted by Gasteiger charge is -2.39. The third kappa shape index (κ3) is 3.99. The topological polar surface area (TPSA) is 66.8 Å². The Balaban J connectivity index is 2.11. The molecule has 1 aliphatic carbocycles. The van der Waals surface area contributed by atoms with Crippen molar-refractivity contribution >= 4 is 12.1 Å². The van der Waals surface area contributed by atoms with Crippen LogP contribution in [0.25, 0.3) is 0 Å². The van der Waals surface area contributed by atoms with Gasteiger partial charge in [0.1, 0.15) is 5.60 Å². The Bertz CT molecular complexity index is 456. The molecule has 1 saturated carbocycles. The fourth-order valence-corrected chi connectivity index (χ4v) is 4.16. The summed E-state index contributed by atoms with van der Waals surface area (Å²) in [6, 6.07) is 0. The summed E-state index contributed by atoms with van der Waals surface area (Å²) >= 11 is 0. The second kappa shape index (κ2) is 6.70. The number of hydrogen-bond acceptors (Lipinski definition) is 3. The van der Waals surface area contributed by atoms with E-state index in [0.29, 0.717) is 25.4 Å². The van der Waals surface area contributed by atoms with Gasteiger partial charge in [0.05, 0.1) is 5.41 Å². The van der Waals surface area contributed by atoms with E-state index >= 15 is 0 Å². The Morgan fingerprint density at radius 1 is 1.30 bits per heavy atom. The van der Waals surface area contributed by atoms with Crippen LogP contribution < -0.4 is 0 Å². The summed E-state index contributed by atoms with van der Waals surface area (Å²) < 4.78 is 5.42. The molecule has 5 heteroatoms. The van der Waals surface area contributed by atoms with Gasteiger partial charge in [0.2, 0.25) is 0 Å². The lowest BCUT2D eigenvalue weighted by molar-refractivity contribution is -0.153. The molecule has 2 rings (SSSR count). The Morgan fingerprint density at radius 3 is 2.57 bits per heavy atom. The molecule has 1 aliphatic heterocycles. The molecule has 0 radical (unpaired) electrons. The molecule has 2 fully saturated rings. The van der Waals surface area contributed by atoms with Crippen molar-refractivity contribution in [1.82, 2.24) is 4.90 Å². The van der Waals surface area contributed by atoms with Crippen molar-refractivity contribution in [1.29, 1.82) is 0 Å². The van der Waals surface area contributed by atoms with Gasteiger partial charge in [-0.1, -0.05) is 26.2 Å². The fourth-order valence-electron chi connectivity index (χ4n) is 4.16. The third-order valence-electron chi connectivity index (χ3n) is 5.52. The van der Waals surface area contributed by atoms with Crippen LogP contribution in [0, 0.1) is 17.3 Å². The molecule has 1 saturated heterocycles. The highest BCUT2D eigenvalue weighted by atomic mass is 16.6. The molecule has 5 nitrogen and oxygen atoms in total. The van der Waals surface area contributed by atoms with Crippen LogP contribution in [0.3, 0.4) is 0 Å². The number of nitrogens with zero attached hydrogens (tertiary/aromatic N) is 1. The highest BCUT2D eigenvalue weighted by molar-refractivity contribution is 5.78. The quantitative estimate of drug-likeness (QED) is 0.854. The average molecular weight is 325 g/mol. The molecule has 132 valence electrons. The molecule has 3 atom stereocenters. The molecule has 3 unspecified atom stereocenters. The van der Waals surface area contributed by atoms with Gasteiger partial charge in [0.25, 0.3) is 0 Å². The van der Waals surface area contributed by atoms with E-state index in [0.717, 1.165) is 25.7 Å². The first kappa shape index (κ1) is 18.1. The average Bonchev–Trinajstić information content (AvgIpc) is 2.92. The number of aliphatic carboxylic acids is 1. The zero-order valence-electron chi connectivity index (χ0n) is 14.9. The number of amides is 1. The van der Waals surface area contributed by atoms with Crippen molar-refractivity contribution in [2.24, 2.45) is 17.3 Å². The maximum Gasteiger partial charge on any atom is 0.410 e. The van der Waals surface area contributed by atoms with Crippen molar-refractivity contribution in [2.75, 3.05) is 13.1 Å². The van der Waals surface area contributed by atoms with Gasteiger partial charge in [-0.2, -0.15) is 0 Å². The second-order valence-corrected chi connectivity index (χ2v) is 8.25. The van der Waals surface area contributed by atoms with Crippen molar-refractivity contribution in [3.05, 3.63) is 0 Å². The number of carboxylic acids is 1. The molecule has 23 heavy (non-hydrogen) atoms. The number of likely N-dealkylation sites (tertiary alicyclic amines) is 1. The maximum atomic E-state index is 12.3. The number of carbonyl (C=O) groups is 2. The van der Waals surface area contributed by atoms with Crippen LogP contribution in [0.2, 0.25) is 0 Å². The fraction of sp³-hybridized carbons (Fsp3) is 0.889. The number of rotatable bonds is 3. The Kier molecular flexibility index (Phi) is 5.27. The molecular weight excluding hydrogens is 294 g/mol. The lowest BCUT2D eigenvalue weighted by atomic mass is 9.65. The minimum absolute atomic E-state index is 0.172. The van der Waals surface area contributed by atoms with Crippen LogP contribution in [0.15, 0.2) is 0 Å². The lowest BCUT2D eigenvalue weighted by Crippen LogP contribution is -2.45. The van der Waals surface area contributed by atoms with Crippen LogP contribution in [0.5, 0.6) is 0 Å². The normalized spacial score (nSPS) is 31.9. The predicted octanol–water partition coefficient (Wildman–Crippen LogP) is 3.91.